The molecule has 0 spiro atoms. The summed E-state index contributed by atoms with van der Waals surface area (Å²) < 4.78 is 5.53. The summed E-state index contributed by atoms with van der Waals surface area (Å²) in [5.41, 5.74) is 5.24. The van der Waals surface area contributed by atoms with Crippen LogP contribution in [0.25, 0.3) is 0 Å². The molecule has 1 amide bonds. The number of fused-ring (bicyclic) bond motifs is 1. The maximum absolute atomic E-state index is 12.0. The van der Waals surface area contributed by atoms with Crippen molar-refractivity contribution in [2.45, 2.75) is 59.3 Å². The molecule has 0 fully saturated rings. The number of ether oxygens (including phenoxy) is 1. The maximum atomic E-state index is 12.0. The van der Waals surface area contributed by atoms with E-state index in [0.717, 1.165) is 36.2 Å². The molecule has 2 N–H and O–H groups in total. The van der Waals surface area contributed by atoms with Crippen LogP contribution in [0.4, 0.5) is 0 Å². The lowest BCUT2D eigenvalue weighted by molar-refractivity contribution is -0.137. The van der Waals surface area contributed by atoms with Crippen LogP contribution in [0.1, 0.15) is 64.1 Å². The molecule has 0 unspecified atom stereocenters. The van der Waals surface area contributed by atoms with Crippen molar-refractivity contribution < 1.29 is 19.4 Å². The molecule has 0 bridgehead atoms. The fourth-order valence-corrected chi connectivity index (χ4v) is 2.74. The molecule has 2 rings (SSSR count). The molecule has 0 radical (unpaired) electrons. The molecule has 0 saturated carbocycles. The molecule has 1 heterocycles. The Kier molecular flexibility index (Phi) is 6.71. The number of hydrogen-bond acceptors (Lipinski definition) is 5. The van der Waals surface area contributed by atoms with Gasteiger partial charge in [-0.3, -0.25) is 9.59 Å². The quantitative estimate of drug-likeness (QED) is 0.574. The number of aryl methyl sites for hydroxylation is 1. The smallest absolute Gasteiger partial charge is 0.303 e. The average molecular weight is 361 g/mol. The fraction of sp³-hybridized carbons (Fsp3) is 0.579. The summed E-state index contributed by atoms with van der Waals surface area (Å²) in [4.78, 5) is 27.0. The van der Waals surface area contributed by atoms with Crippen molar-refractivity contribution in [3.63, 3.8) is 0 Å². The van der Waals surface area contributed by atoms with Crippen molar-refractivity contribution in [3.8, 4) is 5.88 Å². The van der Waals surface area contributed by atoms with Gasteiger partial charge in [0.25, 0.3) is 0 Å². The van der Waals surface area contributed by atoms with Gasteiger partial charge in [0.15, 0.2) is 0 Å². The predicted octanol–water partition coefficient (Wildman–Crippen LogP) is 2.92. The molecule has 0 atom stereocenters. The van der Waals surface area contributed by atoms with Crippen molar-refractivity contribution in [2.75, 3.05) is 6.61 Å². The molecule has 0 saturated heterocycles. The number of rotatable bonds is 7. The van der Waals surface area contributed by atoms with Crippen LogP contribution in [0.3, 0.4) is 0 Å². The minimum absolute atomic E-state index is 0.0794. The van der Waals surface area contributed by atoms with Crippen LogP contribution in [0.2, 0.25) is 0 Å². The Labute approximate surface area is 153 Å². The van der Waals surface area contributed by atoms with E-state index < -0.39 is 5.97 Å². The van der Waals surface area contributed by atoms with E-state index in [1.54, 1.807) is 6.07 Å². The minimum Gasteiger partial charge on any atom is -0.481 e. The van der Waals surface area contributed by atoms with Crippen molar-refractivity contribution in [1.82, 2.24) is 10.4 Å². The van der Waals surface area contributed by atoms with Crippen molar-refractivity contribution in [2.24, 2.45) is 10.5 Å². The molecule has 1 aliphatic carbocycles. The Morgan fingerprint density at radius 1 is 1.31 bits per heavy atom. The Morgan fingerprint density at radius 2 is 2.08 bits per heavy atom. The number of carbonyl (C=O) groups is 2. The number of amides is 1. The molecule has 142 valence electrons. The van der Waals surface area contributed by atoms with Gasteiger partial charge >= 0.3 is 5.97 Å². The lowest BCUT2D eigenvalue weighted by atomic mass is 9.92. The second-order valence-corrected chi connectivity index (χ2v) is 7.67. The van der Waals surface area contributed by atoms with E-state index in [-0.39, 0.29) is 17.7 Å². The van der Waals surface area contributed by atoms with Gasteiger partial charge in [-0.1, -0.05) is 20.8 Å². The molecule has 1 aromatic heterocycles. The van der Waals surface area contributed by atoms with Crippen LogP contribution in [0.5, 0.6) is 5.88 Å². The number of aliphatic carboxylic acids is 1. The van der Waals surface area contributed by atoms with Gasteiger partial charge in [0, 0.05) is 24.5 Å². The third-order valence-corrected chi connectivity index (χ3v) is 3.88. The summed E-state index contributed by atoms with van der Waals surface area (Å²) in [7, 11) is 0. The minimum atomic E-state index is -0.832. The highest BCUT2D eigenvalue weighted by molar-refractivity contribution is 6.02. The Bertz CT molecular complexity index is 693. The van der Waals surface area contributed by atoms with Crippen LogP contribution in [0, 0.1) is 5.41 Å². The number of hydrogen-bond donors (Lipinski definition) is 2. The SMILES string of the molecule is CC(C)(C)CC(=O)N/N=C1/CCCc2nc(OCCCC(=O)O)ccc21. The second kappa shape index (κ2) is 8.78. The van der Waals surface area contributed by atoms with Gasteiger partial charge in [0.2, 0.25) is 11.8 Å². The van der Waals surface area contributed by atoms with E-state index in [1.807, 2.05) is 26.8 Å². The van der Waals surface area contributed by atoms with E-state index in [0.29, 0.717) is 25.3 Å². The summed E-state index contributed by atoms with van der Waals surface area (Å²) in [6.45, 7) is 6.36. The molecule has 1 aliphatic rings. The predicted molar refractivity (Wildman–Crippen MR) is 98.3 cm³/mol. The van der Waals surface area contributed by atoms with Gasteiger partial charge in [-0.25, -0.2) is 10.4 Å². The molecule has 7 nitrogen and oxygen atoms in total. The Morgan fingerprint density at radius 3 is 2.77 bits per heavy atom. The normalized spacial score (nSPS) is 15.4. The number of carbonyl (C=O) groups excluding carboxylic acids is 1. The van der Waals surface area contributed by atoms with Gasteiger partial charge < -0.3 is 9.84 Å². The molecule has 0 aromatic carbocycles. The van der Waals surface area contributed by atoms with E-state index in [9.17, 15) is 9.59 Å². The zero-order chi connectivity index (χ0) is 19.2. The first-order valence-electron chi connectivity index (χ1n) is 8.95. The standard InChI is InChI=1S/C19H27N3O4/c1-19(2,3)12-16(23)22-21-15-7-4-6-14-13(15)9-10-17(20-14)26-11-5-8-18(24)25/h9-10H,4-8,11-12H2,1-3H3,(H,22,23)(H,24,25)/b21-15-. The number of aromatic nitrogens is 1. The number of carboxylic acids is 1. The number of carboxylic acid groups (broad SMARTS) is 1. The Hall–Kier alpha value is -2.44. The summed E-state index contributed by atoms with van der Waals surface area (Å²) in [6, 6.07) is 3.67. The van der Waals surface area contributed by atoms with Gasteiger partial charge in [-0.2, -0.15) is 5.10 Å². The van der Waals surface area contributed by atoms with E-state index in [4.69, 9.17) is 9.84 Å². The summed E-state index contributed by atoms with van der Waals surface area (Å²) >= 11 is 0. The fourth-order valence-electron chi connectivity index (χ4n) is 2.74. The van der Waals surface area contributed by atoms with Crippen molar-refractivity contribution >= 4 is 17.6 Å². The molecule has 1 aromatic rings. The highest BCUT2D eigenvalue weighted by Crippen LogP contribution is 2.23. The zero-order valence-electron chi connectivity index (χ0n) is 15.7. The lowest BCUT2D eigenvalue weighted by Gasteiger charge is -2.19. The molecular formula is C19H27N3O4. The topological polar surface area (TPSA) is 101 Å². The summed E-state index contributed by atoms with van der Waals surface area (Å²) in [5.74, 6) is -0.433. The second-order valence-electron chi connectivity index (χ2n) is 7.67. The Balaban J connectivity index is 1.99. The lowest BCUT2D eigenvalue weighted by Crippen LogP contribution is -2.26. The van der Waals surface area contributed by atoms with Crippen molar-refractivity contribution in [3.05, 3.63) is 23.4 Å². The number of nitrogens with zero attached hydrogens (tertiary/aromatic N) is 2. The first-order chi connectivity index (χ1) is 12.2. The largest absolute Gasteiger partial charge is 0.481 e. The molecule has 0 aliphatic heterocycles. The average Bonchev–Trinajstić information content (AvgIpc) is 2.55. The van der Waals surface area contributed by atoms with E-state index in [2.05, 4.69) is 15.5 Å². The third kappa shape index (κ3) is 6.46. The third-order valence-electron chi connectivity index (χ3n) is 3.88. The zero-order valence-corrected chi connectivity index (χ0v) is 15.7. The number of nitrogens with one attached hydrogen (secondary N) is 1. The maximum Gasteiger partial charge on any atom is 0.303 e. The van der Waals surface area contributed by atoms with Crippen LogP contribution in [-0.4, -0.2) is 34.3 Å². The molecule has 26 heavy (non-hydrogen) atoms. The van der Waals surface area contributed by atoms with Crippen LogP contribution in [-0.2, 0) is 16.0 Å². The van der Waals surface area contributed by atoms with Crippen LogP contribution < -0.4 is 10.2 Å². The van der Waals surface area contributed by atoms with E-state index >= 15 is 0 Å². The van der Waals surface area contributed by atoms with Crippen molar-refractivity contribution in [1.29, 1.82) is 0 Å². The highest BCUT2D eigenvalue weighted by atomic mass is 16.5. The highest BCUT2D eigenvalue weighted by Gasteiger charge is 2.19. The number of hydrazone groups is 1. The first-order valence-corrected chi connectivity index (χ1v) is 8.95. The van der Waals surface area contributed by atoms with E-state index in [1.165, 1.54) is 0 Å². The summed E-state index contributed by atoms with van der Waals surface area (Å²) in [5, 5.41) is 12.9. The molecular weight excluding hydrogens is 334 g/mol. The van der Waals surface area contributed by atoms with Crippen LogP contribution in [0.15, 0.2) is 17.2 Å². The first kappa shape index (κ1) is 19.9. The summed E-state index contributed by atoms with van der Waals surface area (Å²) in [6.07, 6.45) is 3.48. The molecule has 7 heteroatoms. The van der Waals surface area contributed by atoms with Crippen LogP contribution >= 0.6 is 0 Å². The van der Waals surface area contributed by atoms with Gasteiger partial charge in [0.1, 0.15) is 0 Å². The van der Waals surface area contributed by atoms with Gasteiger partial charge in [-0.05, 0) is 37.2 Å². The number of pyridine rings is 1. The van der Waals surface area contributed by atoms with Gasteiger partial charge in [-0.15, -0.1) is 0 Å². The van der Waals surface area contributed by atoms with Gasteiger partial charge in [0.05, 0.1) is 18.0 Å². The monoisotopic (exact) mass is 361 g/mol.